The minimum atomic E-state index is -3.12. The zero-order chi connectivity index (χ0) is 19.0. The van der Waals surface area contributed by atoms with Crippen LogP contribution in [0.25, 0.3) is 0 Å². The van der Waals surface area contributed by atoms with Crippen LogP contribution in [0.2, 0.25) is 0 Å². The molecule has 5 atom stereocenters. The molecule has 4 fully saturated rings. The van der Waals surface area contributed by atoms with Crippen LogP contribution in [0.3, 0.4) is 0 Å². The number of nitrogens with one attached hydrogen (secondary N) is 3. The van der Waals surface area contributed by atoms with Crippen LogP contribution in [0, 0.1) is 11.8 Å². The molecule has 156 valence electrons. The van der Waals surface area contributed by atoms with Gasteiger partial charge in [-0.25, -0.2) is 17.7 Å². The molecular weight excluding hydrogens is 362 g/mol. The molecule has 3 N–H and O–H groups in total. The van der Waals surface area contributed by atoms with Gasteiger partial charge in [0.2, 0.25) is 10.0 Å². The molecule has 5 unspecified atom stereocenters. The zero-order valence-electron chi connectivity index (χ0n) is 16.9. The summed E-state index contributed by atoms with van der Waals surface area (Å²) in [5.74, 6) is 1.28. The Hall–Kier alpha value is -0.250. The number of hydrogen-bond acceptors (Lipinski definition) is 6. The van der Waals surface area contributed by atoms with E-state index in [1.165, 1.54) is 44.8 Å². The van der Waals surface area contributed by atoms with E-state index in [1.807, 2.05) is 0 Å². The Morgan fingerprint density at radius 1 is 0.963 bits per heavy atom. The highest BCUT2D eigenvalue weighted by Gasteiger charge is 2.46. The van der Waals surface area contributed by atoms with Crippen LogP contribution in [-0.2, 0) is 10.0 Å². The Balaban J connectivity index is 1.48. The first-order valence-electron chi connectivity index (χ1n) is 10.8. The Morgan fingerprint density at radius 3 is 2.41 bits per heavy atom. The Morgan fingerprint density at radius 2 is 1.74 bits per heavy atom. The Kier molecular flexibility index (Phi) is 6.12. The fourth-order valence-electron chi connectivity index (χ4n) is 5.82. The molecule has 0 amide bonds. The molecule has 27 heavy (non-hydrogen) atoms. The summed E-state index contributed by atoms with van der Waals surface area (Å²) >= 11 is 0. The average molecular weight is 400 g/mol. The minimum Gasteiger partial charge on any atom is -0.297 e. The van der Waals surface area contributed by atoms with Crippen molar-refractivity contribution in [3.63, 3.8) is 0 Å². The third kappa shape index (κ3) is 4.67. The summed E-state index contributed by atoms with van der Waals surface area (Å²) < 4.78 is 25.9. The SMILES string of the molecule is CN1CCC(C2NC(CC3CCCCC3)NC3CN(S(C)(=O)=O)CCC32)N1. The highest BCUT2D eigenvalue weighted by molar-refractivity contribution is 7.88. The molecule has 8 heteroatoms. The van der Waals surface area contributed by atoms with Crippen LogP contribution in [0.4, 0.5) is 0 Å². The van der Waals surface area contributed by atoms with Gasteiger partial charge in [-0.05, 0) is 31.1 Å². The van der Waals surface area contributed by atoms with E-state index in [2.05, 4.69) is 28.1 Å². The molecule has 4 rings (SSSR count). The molecule has 0 aromatic heterocycles. The Bertz CT molecular complexity index is 609. The second-order valence-electron chi connectivity index (χ2n) is 9.28. The number of sulfonamides is 1. The quantitative estimate of drug-likeness (QED) is 0.646. The minimum absolute atomic E-state index is 0.251. The van der Waals surface area contributed by atoms with E-state index in [0.29, 0.717) is 37.3 Å². The summed E-state index contributed by atoms with van der Waals surface area (Å²) in [4.78, 5) is 0. The normalized spacial score (nSPS) is 40.1. The molecule has 7 nitrogen and oxygen atoms in total. The number of piperidine rings is 1. The van der Waals surface area contributed by atoms with E-state index in [0.717, 1.165) is 25.3 Å². The molecular formula is C19H37N5O2S. The lowest BCUT2D eigenvalue weighted by atomic mass is 9.78. The highest BCUT2D eigenvalue weighted by atomic mass is 32.2. The smallest absolute Gasteiger partial charge is 0.211 e. The predicted molar refractivity (Wildman–Crippen MR) is 108 cm³/mol. The number of fused-ring (bicyclic) bond motifs is 1. The molecule has 0 radical (unpaired) electrons. The third-order valence-electron chi connectivity index (χ3n) is 7.26. The predicted octanol–water partition coefficient (Wildman–Crippen LogP) is 0.703. The summed E-state index contributed by atoms with van der Waals surface area (Å²) in [7, 11) is -1.00. The van der Waals surface area contributed by atoms with Gasteiger partial charge in [0.25, 0.3) is 0 Å². The topological polar surface area (TPSA) is 76.7 Å². The molecule has 0 bridgehead atoms. The summed E-state index contributed by atoms with van der Waals surface area (Å²) in [6, 6.07) is 1.11. The van der Waals surface area contributed by atoms with Crippen molar-refractivity contribution >= 4 is 10.0 Å². The molecule has 1 aliphatic carbocycles. The molecule has 0 aromatic carbocycles. The zero-order valence-corrected chi connectivity index (χ0v) is 17.7. The van der Waals surface area contributed by atoms with E-state index >= 15 is 0 Å². The van der Waals surface area contributed by atoms with Crippen LogP contribution in [-0.4, -0.2) is 75.0 Å². The highest BCUT2D eigenvalue weighted by Crippen LogP contribution is 2.33. The monoisotopic (exact) mass is 399 g/mol. The molecule has 0 aromatic rings. The van der Waals surface area contributed by atoms with Crippen LogP contribution in [0.15, 0.2) is 0 Å². The first-order valence-corrected chi connectivity index (χ1v) is 12.7. The van der Waals surface area contributed by atoms with Gasteiger partial charge < -0.3 is 0 Å². The second-order valence-corrected chi connectivity index (χ2v) is 11.3. The second kappa shape index (κ2) is 8.24. The van der Waals surface area contributed by atoms with Crippen molar-refractivity contribution in [2.75, 3.05) is 32.9 Å². The van der Waals surface area contributed by atoms with Crippen molar-refractivity contribution in [3.05, 3.63) is 0 Å². The van der Waals surface area contributed by atoms with Gasteiger partial charge in [0.1, 0.15) is 0 Å². The third-order valence-corrected chi connectivity index (χ3v) is 8.53. The van der Waals surface area contributed by atoms with Gasteiger partial charge in [-0.2, -0.15) is 0 Å². The van der Waals surface area contributed by atoms with Gasteiger partial charge in [0.15, 0.2) is 0 Å². The van der Waals surface area contributed by atoms with E-state index in [-0.39, 0.29) is 6.04 Å². The molecule has 1 saturated carbocycles. The van der Waals surface area contributed by atoms with E-state index in [9.17, 15) is 8.42 Å². The van der Waals surface area contributed by atoms with E-state index in [4.69, 9.17) is 0 Å². The van der Waals surface area contributed by atoms with Crippen LogP contribution in [0.5, 0.6) is 0 Å². The number of nitrogens with zero attached hydrogens (tertiary/aromatic N) is 2. The van der Waals surface area contributed by atoms with Crippen molar-refractivity contribution in [2.45, 2.75) is 75.7 Å². The molecule has 0 spiro atoms. The number of hydrazine groups is 1. The van der Waals surface area contributed by atoms with Gasteiger partial charge >= 0.3 is 0 Å². The van der Waals surface area contributed by atoms with Crippen LogP contribution >= 0.6 is 0 Å². The maximum absolute atomic E-state index is 12.1. The summed E-state index contributed by atoms with van der Waals surface area (Å²) in [6.45, 7) is 2.34. The first-order chi connectivity index (χ1) is 12.9. The first kappa shape index (κ1) is 20.0. The van der Waals surface area contributed by atoms with Crippen molar-refractivity contribution in [1.29, 1.82) is 0 Å². The molecule has 3 heterocycles. The number of hydrogen-bond donors (Lipinski definition) is 3. The fraction of sp³-hybridized carbons (Fsp3) is 1.00. The molecule has 3 saturated heterocycles. The van der Waals surface area contributed by atoms with E-state index in [1.54, 1.807) is 4.31 Å². The fourth-order valence-corrected chi connectivity index (χ4v) is 6.69. The lowest BCUT2D eigenvalue weighted by Gasteiger charge is -2.50. The number of rotatable bonds is 4. The van der Waals surface area contributed by atoms with Crippen molar-refractivity contribution in [1.82, 2.24) is 25.4 Å². The summed E-state index contributed by atoms with van der Waals surface area (Å²) in [5.41, 5.74) is 3.63. The standard InChI is InChI=1S/C19H37N5O2S/c1-23-10-9-16(22-23)19-15-8-11-24(27(2,25)26)13-17(15)20-18(21-19)12-14-6-4-3-5-7-14/h14-22H,3-13H2,1-2H3. The maximum Gasteiger partial charge on any atom is 0.211 e. The van der Waals surface area contributed by atoms with Crippen molar-refractivity contribution in [2.24, 2.45) is 11.8 Å². The van der Waals surface area contributed by atoms with Crippen molar-refractivity contribution < 1.29 is 8.42 Å². The van der Waals surface area contributed by atoms with Crippen LogP contribution < -0.4 is 16.1 Å². The molecule has 4 aliphatic rings. The Labute approximate surface area is 164 Å². The van der Waals surface area contributed by atoms with E-state index < -0.39 is 10.0 Å². The summed E-state index contributed by atoms with van der Waals surface area (Å²) in [5, 5.41) is 9.96. The van der Waals surface area contributed by atoms with Gasteiger partial charge in [-0.1, -0.05) is 32.1 Å². The lowest BCUT2D eigenvalue weighted by molar-refractivity contribution is 0.0675. The lowest BCUT2D eigenvalue weighted by Crippen LogP contribution is -2.71. The molecule has 3 aliphatic heterocycles. The van der Waals surface area contributed by atoms with Gasteiger partial charge in [0, 0.05) is 44.8 Å². The van der Waals surface area contributed by atoms with Crippen LogP contribution in [0.1, 0.15) is 51.4 Å². The van der Waals surface area contributed by atoms with Gasteiger partial charge in [-0.15, -0.1) is 0 Å². The summed E-state index contributed by atoms with van der Waals surface area (Å²) in [6.07, 6.45) is 11.7. The maximum atomic E-state index is 12.1. The van der Waals surface area contributed by atoms with Crippen molar-refractivity contribution in [3.8, 4) is 0 Å². The average Bonchev–Trinajstić information content (AvgIpc) is 3.07. The van der Waals surface area contributed by atoms with Gasteiger partial charge in [-0.3, -0.25) is 16.1 Å². The largest absolute Gasteiger partial charge is 0.297 e. The van der Waals surface area contributed by atoms with Gasteiger partial charge in [0.05, 0.1) is 12.4 Å².